The van der Waals surface area contributed by atoms with Crippen molar-refractivity contribution in [2.24, 2.45) is 0 Å². The number of phenolic OH excluding ortho intramolecular Hbond substituents is 1. The predicted molar refractivity (Wildman–Crippen MR) is 215 cm³/mol. The molecule has 0 fully saturated rings. The van der Waals surface area contributed by atoms with E-state index >= 15 is 0 Å². The minimum atomic E-state index is -0.115. The number of hydrogen-bond acceptors (Lipinski definition) is 3. The summed E-state index contributed by atoms with van der Waals surface area (Å²) in [7, 11) is 0. The zero-order chi connectivity index (χ0) is 36.2. The fraction of sp³-hybridized carbons (Fsp3) is 0.250. The van der Waals surface area contributed by atoms with E-state index in [1.807, 2.05) is 12.3 Å². The van der Waals surface area contributed by atoms with Gasteiger partial charge in [0.2, 0.25) is 0 Å². The maximum atomic E-state index is 11.7. The summed E-state index contributed by atoms with van der Waals surface area (Å²) >= 11 is 0. The van der Waals surface area contributed by atoms with E-state index in [4.69, 9.17) is 9.97 Å². The van der Waals surface area contributed by atoms with Crippen LogP contribution in [0.25, 0.3) is 61.6 Å². The van der Waals surface area contributed by atoms with E-state index in [-0.39, 0.29) is 31.9 Å². The minimum Gasteiger partial charge on any atom is -0.507 e. The number of imidazole rings is 1. The third-order valence-electron chi connectivity index (χ3n) is 10.6. The summed E-state index contributed by atoms with van der Waals surface area (Å²) in [5.41, 5.74) is 14.5. The van der Waals surface area contributed by atoms with Crippen LogP contribution in [0.4, 0.5) is 0 Å². The number of benzene rings is 5. The Kier molecular flexibility index (Phi) is 9.81. The van der Waals surface area contributed by atoms with Crippen molar-refractivity contribution >= 4 is 11.0 Å². The second-order valence-electron chi connectivity index (χ2n) is 16.3. The van der Waals surface area contributed by atoms with Gasteiger partial charge in [0, 0.05) is 38.6 Å². The van der Waals surface area contributed by atoms with Gasteiger partial charge in [-0.2, -0.15) is 0 Å². The third kappa shape index (κ3) is 7.02. The molecule has 0 radical (unpaired) electrons. The van der Waals surface area contributed by atoms with E-state index < -0.39 is 0 Å². The van der Waals surface area contributed by atoms with Gasteiger partial charge in [-0.15, -0.1) is 29.3 Å². The van der Waals surface area contributed by atoms with Gasteiger partial charge in [0.15, 0.2) is 0 Å². The molecule has 1 N–H and O–H groups in total. The van der Waals surface area contributed by atoms with Gasteiger partial charge in [-0.1, -0.05) is 119 Å². The Morgan fingerprint density at radius 2 is 1.38 bits per heavy atom. The fourth-order valence-electron chi connectivity index (χ4n) is 7.53. The largest absolute Gasteiger partial charge is 0.507 e. The third-order valence-corrected chi connectivity index (χ3v) is 10.6. The zero-order valence-electron chi connectivity index (χ0n) is 31.4. The van der Waals surface area contributed by atoms with Crippen molar-refractivity contribution < 1.29 is 26.2 Å². The van der Waals surface area contributed by atoms with E-state index in [9.17, 15) is 5.11 Å². The molecule has 0 unspecified atom stereocenters. The van der Waals surface area contributed by atoms with Crippen molar-refractivity contribution in [2.45, 2.75) is 78.1 Å². The van der Waals surface area contributed by atoms with Crippen LogP contribution < -0.4 is 0 Å². The van der Waals surface area contributed by atoms with Crippen LogP contribution in [-0.4, -0.2) is 19.6 Å². The Morgan fingerprint density at radius 3 is 2.11 bits per heavy atom. The maximum absolute atomic E-state index is 11.7. The molecule has 7 aromatic rings. The van der Waals surface area contributed by atoms with Crippen molar-refractivity contribution in [3.8, 4) is 56.3 Å². The van der Waals surface area contributed by atoms with Crippen LogP contribution in [0.1, 0.15) is 76.6 Å². The van der Waals surface area contributed by atoms with Crippen molar-refractivity contribution in [3.63, 3.8) is 0 Å². The molecule has 4 nitrogen and oxygen atoms in total. The molecule has 0 amide bonds. The second-order valence-corrected chi connectivity index (χ2v) is 16.3. The summed E-state index contributed by atoms with van der Waals surface area (Å²) in [6, 6.07) is 42.4. The van der Waals surface area contributed by atoms with E-state index in [2.05, 4.69) is 155 Å². The monoisotopic (exact) mass is 875 g/mol. The average Bonchev–Trinajstić information content (AvgIpc) is 3.54. The van der Waals surface area contributed by atoms with Crippen LogP contribution >= 0.6 is 0 Å². The molecule has 2 heterocycles. The number of rotatable bonds is 5. The number of hydrogen-bond donors (Lipinski definition) is 1. The summed E-state index contributed by atoms with van der Waals surface area (Å²) in [6.45, 7) is 13.5. The molecule has 2 aromatic heterocycles. The molecule has 1 aliphatic carbocycles. The van der Waals surface area contributed by atoms with Crippen molar-refractivity contribution in [1.82, 2.24) is 14.5 Å². The van der Waals surface area contributed by atoms with Crippen molar-refractivity contribution in [2.75, 3.05) is 0 Å². The maximum Gasteiger partial charge on any atom is 0.148 e. The molecule has 1 aliphatic rings. The standard InChI is InChI=1S/C48H46N3O.Pt/c1-47(2,3)36-22-19-31(20-23-36)33-25-26-49-42(30-33)35-27-34(28-37(29-35)48(4,5)6)39-17-12-18-43-44(39)50-46(51(43)38-14-8-7-9-15-38)41-24-21-32-13-10-11-16-40(32)45(41)52;/h7-9,12,14-15,17-26,28-30,52H,10-11,13,16H2,1-6H3;/q-1;. The van der Waals surface area contributed by atoms with E-state index in [1.165, 1.54) is 16.7 Å². The molecule has 0 atom stereocenters. The molecule has 8 rings (SSSR count). The van der Waals surface area contributed by atoms with Crippen molar-refractivity contribution in [1.29, 1.82) is 0 Å². The Labute approximate surface area is 328 Å². The molecule has 5 aromatic carbocycles. The summed E-state index contributed by atoms with van der Waals surface area (Å²) in [5, 5.41) is 11.7. The molecule has 0 aliphatic heterocycles. The molecule has 5 heteroatoms. The smallest absolute Gasteiger partial charge is 0.148 e. The quantitative estimate of drug-likeness (QED) is 0.175. The molecule has 270 valence electrons. The van der Waals surface area contributed by atoms with Gasteiger partial charge >= 0.3 is 0 Å². The topological polar surface area (TPSA) is 50.9 Å². The van der Waals surface area contributed by atoms with E-state index in [0.717, 1.165) is 92.9 Å². The van der Waals surface area contributed by atoms with Gasteiger partial charge in [0.05, 0.1) is 16.6 Å². The number of para-hydroxylation sites is 2. The molecular weight excluding hydrogens is 830 g/mol. The molecule has 0 saturated heterocycles. The van der Waals surface area contributed by atoms with Crippen LogP contribution in [0.2, 0.25) is 0 Å². The number of nitrogens with zero attached hydrogens (tertiary/aromatic N) is 3. The second kappa shape index (κ2) is 14.2. The molecule has 53 heavy (non-hydrogen) atoms. The van der Waals surface area contributed by atoms with Crippen LogP contribution in [-0.2, 0) is 44.7 Å². The van der Waals surface area contributed by atoms with Gasteiger partial charge in [-0.3, -0.25) is 9.55 Å². The molecular formula is C48H46N3OPt-. The first-order chi connectivity index (χ1) is 25.0. The van der Waals surface area contributed by atoms with Crippen LogP contribution in [0.15, 0.2) is 115 Å². The molecule has 0 spiro atoms. The van der Waals surface area contributed by atoms with Gasteiger partial charge in [-0.25, -0.2) is 4.98 Å². The Bertz CT molecular complexity index is 2430. The Hall–Kier alpha value is -4.79. The van der Waals surface area contributed by atoms with Gasteiger partial charge in [-0.05, 0) is 94.7 Å². The van der Waals surface area contributed by atoms with Crippen LogP contribution in [0, 0.1) is 6.07 Å². The number of aromatic nitrogens is 3. The zero-order valence-corrected chi connectivity index (χ0v) is 33.7. The average molecular weight is 876 g/mol. The first-order valence-electron chi connectivity index (χ1n) is 18.5. The van der Waals surface area contributed by atoms with Gasteiger partial charge < -0.3 is 5.11 Å². The summed E-state index contributed by atoms with van der Waals surface area (Å²) in [6.07, 6.45) is 6.05. The summed E-state index contributed by atoms with van der Waals surface area (Å²) in [5.74, 6) is 1.09. The molecule has 0 saturated carbocycles. The minimum absolute atomic E-state index is 0. The number of phenols is 1. The first-order valence-corrected chi connectivity index (χ1v) is 18.5. The first kappa shape index (κ1) is 36.6. The van der Waals surface area contributed by atoms with Gasteiger partial charge in [0.25, 0.3) is 0 Å². The Morgan fingerprint density at radius 1 is 0.660 bits per heavy atom. The Balaban J connectivity index is 0.00000435. The summed E-state index contributed by atoms with van der Waals surface area (Å²) in [4.78, 5) is 10.3. The number of fused-ring (bicyclic) bond motifs is 2. The van der Waals surface area contributed by atoms with Gasteiger partial charge in [0.1, 0.15) is 11.6 Å². The van der Waals surface area contributed by atoms with E-state index in [0.29, 0.717) is 5.75 Å². The normalized spacial score (nSPS) is 13.1. The van der Waals surface area contributed by atoms with Crippen LogP contribution in [0.3, 0.4) is 0 Å². The molecule has 0 bridgehead atoms. The fourth-order valence-corrected chi connectivity index (χ4v) is 7.53. The number of pyridine rings is 1. The predicted octanol–water partition coefficient (Wildman–Crippen LogP) is 12.1. The SMILES string of the molecule is CC(C)(C)c1ccc(-c2ccnc(-c3[c-]c(-c4cccc5c4nc(-c4ccc6c(c4O)CCCC6)n5-c4ccccc4)cc(C(C)(C)C)c3)c2)cc1.[Pt]. The van der Waals surface area contributed by atoms with Crippen molar-refractivity contribution in [3.05, 3.63) is 144 Å². The number of aromatic hydroxyl groups is 1. The van der Waals surface area contributed by atoms with Crippen LogP contribution in [0.5, 0.6) is 5.75 Å². The number of aryl methyl sites for hydroxylation is 1. The summed E-state index contributed by atoms with van der Waals surface area (Å²) < 4.78 is 2.19. The van der Waals surface area contributed by atoms with E-state index in [1.54, 1.807) is 0 Å².